The van der Waals surface area contributed by atoms with Crippen LogP contribution in [-0.4, -0.2) is 45.7 Å². The van der Waals surface area contributed by atoms with Gasteiger partial charge in [-0.2, -0.15) is 0 Å². The van der Waals surface area contributed by atoms with Crippen LogP contribution in [0.5, 0.6) is 0 Å². The van der Waals surface area contributed by atoms with Crippen LogP contribution in [0.4, 0.5) is 0 Å². The minimum atomic E-state index is -2.86. The van der Waals surface area contributed by atoms with Crippen LogP contribution in [0.2, 0.25) is 0 Å². The Bertz CT molecular complexity index is 324. The summed E-state index contributed by atoms with van der Waals surface area (Å²) >= 11 is 0. The molecule has 96 valence electrons. The minimum Gasteiger partial charge on any atom is -0.378 e. The second-order valence-corrected chi connectivity index (χ2v) is 7.40. The van der Waals surface area contributed by atoms with Gasteiger partial charge in [0.25, 0.3) is 0 Å². The molecule has 1 aliphatic rings. The Kier molecular flexibility index (Phi) is 4.37. The van der Waals surface area contributed by atoms with Crippen LogP contribution in [0.3, 0.4) is 0 Å². The molecule has 0 saturated heterocycles. The Morgan fingerprint density at radius 2 is 2.06 bits per heavy atom. The van der Waals surface area contributed by atoms with Crippen molar-refractivity contribution in [2.45, 2.75) is 39.3 Å². The van der Waals surface area contributed by atoms with Crippen molar-refractivity contribution in [2.75, 3.05) is 25.2 Å². The zero-order chi connectivity index (χ0) is 12.4. The normalized spacial score (nSPS) is 28.8. The van der Waals surface area contributed by atoms with Crippen molar-refractivity contribution in [1.29, 1.82) is 0 Å². The predicted octanol–water partition coefficient (Wildman–Crippen LogP) is 0.824. The van der Waals surface area contributed by atoms with Crippen LogP contribution in [0.25, 0.3) is 0 Å². The van der Waals surface area contributed by atoms with E-state index >= 15 is 0 Å². The first-order valence-corrected chi connectivity index (χ1v) is 7.86. The molecule has 0 amide bonds. The van der Waals surface area contributed by atoms with Crippen LogP contribution >= 0.6 is 0 Å². The fourth-order valence-corrected chi connectivity index (χ4v) is 2.62. The van der Waals surface area contributed by atoms with E-state index in [-0.39, 0.29) is 11.2 Å². The summed E-state index contributed by atoms with van der Waals surface area (Å²) in [5.41, 5.74) is 0.105. The SMILES string of the molecule is CCOC1CC(NCCS(C)(=O)=O)C1(C)C. The van der Waals surface area contributed by atoms with Crippen LogP contribution in [0, 0.1) is 5.41 Å². The smallest absolute Gasteiger partial charge is 0.148 e. The number of rotatable bonds is 6. The third-order valence-electron chi connectivity index (χ3n) is 3.41. The topological polar surface area (TPSA) is 55.4 Å². The number of hydrogen-bond acceptors (Lipinski definition) is 4. The second-order valence-electron chi connectivity index (χ2n) is 5.14. The molecule has 5 heteroatoms. The molecule has 0 aromatic rings. The molecule has 1 rings (SSSR count). The summed E-state index contributed by atoms with van der Waals surface area (Å²) < 4.78 is 27.6. The molecular weight excluding hydrogens is 226 g/mol. The molecule has 0 heterocycles. The zero-order valence-electron chi connectivity index (χ0n) is 10.6. The van der Waals surface area contributed by atoms with Gasteiger partial charge in [0.2, 0.25) is 0 Å². The highest BCUT2D eigenvalue weighted by Gasteiger charge is 2.48. The summed E-state index contributed by atoms with van der Waals surface area (Å²) in [5, 5.41) is 3.30. The van der Waals surface area contributed by atoms with E-state index in [0.717, 1.165) is 13.0 Å². The molecule has 2 atom stereocenters. The van der Waals surface area contributed by atoms with Gasteiger partial charge in [-0.15, -0.1) is 0 Å². The van der Waals surface area contributed by atoms with E-state index < -0.39 is 9.84 Å². The third kappa shape index (κ3) is 3.43. The first kappa shape index (κ1) is 13.9. The lowest BCUT2D eigenvalue weighted by Gasteiger charge is -2.52. The largest absolute Gasteiger partial charge is 0.378 e. The van der Waals surface area contributed by atoms with Crippen molar-refractivity contribution >= 4 is 9.84 Å². The van der Waals surface area contributed by atoms with E-state index in [1.807, 2.05) is 6.92 Å². The minimum absolute atomic E-state index is 0.105. The molecule has 0 aliphatic heterocycles. The molecule has 16 heavy (non-hydrogen) atoms. The van der Waals surface area contributed by atoms with Crippen LogP contribution < -0.4 is 5.32 Å². The van der Waals surface area contributed by atoms with Gasteiger partial charge in [0.1, 0.15) is 9.84 Å². The average Bonchev–Trinajstić information content (AvgIpc) is 2.13. The Morgan fingerprint density at radius 3 is 2.50 bits per heavy atom. The van der Waals surface area contributed by atoms with Crippen molar-refractivity contribution < 1.29 is 13.2 Å². The van der Waals surface area contributed by atoms with Gasteiger partial charge >= 0.3 is 0 Å². The maximum absolute atomic E-state index is 11.0. The first-order valence-electron chi connectivity index (χ1n) is 5.80. The lowest BCUT2D eigenvalue weighted by atomic mass is 9.64. The Morgan fingerprint density at radius 1 is 1.44 bits per heavy atom. The molecule has 1 fully saturated rings. The third-order valence-corrected chi connectivity index (χ3v) is 4.35. The second kappa shape index (κ2) is 5.02. The van der Waals surface area contributed by atoms with Crippen LogP contribution in [0.15, 0.2) is 0 Å². The Labute approximate surface area is 98.7 Å². The molecule has 0 bridgehead atoms. The summed E-state index contributed by atoms with van der Waals surface area (Å²) in [5.74, 6) is 0.207. The molecule has 0 radical (unpaired) electrons. The number of nitrogens with one attached hydrogen (secondary N) is 1. The lowest BCUT2D eigenvalue weighted by Crippen LogP contribution is -2.61. The van der Waals surface area contributed by atoms with Crippen molar-refractivity contribution in [1.82, 2.24) is 5.32 Å². The Hall–Kier alpha value is -0.130. The maximum atomic E-state index is 11.0. The highest BCUT2D eigenvalue weighted by molar-refractivity contribution is 7.90. The predicted molar refractivity (Wildman–Crippen MR) is 65.3 cm³/mol. The summed E-state index contributed by atoms with van der Waals surface area (Å²) in [6.45, 7) is 7.60. The van der Waals surface area contributed by atoms with Gasteiger partial charge in [0, 0.05) is 30.9 Å². The van der Waals surface area contributed by atoms with Crippen molar-refractivity contribution in [2.24, 2.45) is 5.41 Å². The molecule has 1 aliphatic carbocycles. The fraction of sp³-hybridized carbons (Fsp3) is 1.00. The highest BCUT2D eigenvalue weighted by atomic mass is 32.2. The fourth-order valence-electron chi connectivity index (χ4n) is 2.13. The molecule has 1 saturated carbocycles. The van der Waals surface area contributed by atoms with E-state index in [1.165, 1.54) is 6.26 Å². The van der Waals surface area contributed by atoms with E-state index in [0.29, 0.717) is 18.7 Å². The summed E-state index contributed by atoms with van der Waals surface area (Å²) in [6.07, 6.45) is 2.54. The van der Waals surface area contributed by atoms with Gasteiger partial charge in [-0.3, -0.25) is 0 Å². The zero-order valence-corrected chi connectivity index (χ0v) is 11.4. The Balaban J connectivity index is 2.31. The molecule has 0 aromatic heterocycles. The quantitative estimate of drug-likeness (QED) is 0.757. The summed E-state index contributed by atoms with van der Waals surface area (Å²) in [7, 11) is -2.86. The average molecular weight is 249 g/mol. The summed E-state index contributed by atoms with van der Waals surface area (Å²) in [4.78, 5) is 0. The van der Waals surface area contributed by atoms with Crippen molar-refractivity contribution in [3.63, 3.8) is 0 Å². The van der Waals surface area contributed by atoms with Gasteiger partial charge in [0.15, 0.2) is 0 Å². The monoisotopic (exact) mass is 249 g/mol. The van der Waals surface area contributed by atoms with Crippen molar-refractivity contribution in [3.05, 3.63) is 0 Å². The highest BCUT2D eigenvalue weighted by Crippen LogP contribution is 2.42. The van der Waals surface area contributed by atoms with Gasteiger partial charge in [-0.25, -0.2) is 8.42 Å². The summed E-state index contributed by atoms with van der Waals surface area (Å²) in [6, 6.07) is 0.366. The molecule has 1 N–H and O–H groups in total. The molecular formula is C11H23NO3S. The van der Waals surface area contributed by atoms with Gasteiger partial charge in [0.05, 0.1) is 11.9 Å². The van der Waals surface area contributed by atoms with Gasteiger partial charge < -0.3 is 10.1 Å². The van der Waals surface area contributed by atoms with E-state index in [1.54, 1.807) is 0 Å². The van der Waals surface area contributed by atoms with Crippen molar-refractivity contribution in [3.8, 4) is 0 Å². The van der Waals surface area contributed by atoms with Crippen LogP contribution in [-0.2, 0) is 14.6 Å². The number of sulfone groups is 1. The van der Waals surface area contributed by atoms with E-state index in [4.69, 9.17) is 4.74 Å². The standard InChI is InChI=1S/C11H23NO3S/c1-5-15-10-8-9(11(10,2)3)12-6-7-16(4,13)14/h9-10,12H,5-8H2,1-4H3. The molecule has 4 nitrogen and oxygen atoms in total. The number of ether oxygens (including phenoxy) is 1. The molecule has 0 aromatic carbocycles. The maximum Gasteiger partial charge on any atom is 0.148 e. The van der Waals surface area contributed by atoms with Gasteiger partial charge in [-0.1, -0.05) is 13.8 Å². The van der Waals surface area contributed by atoms with E-state index in [9.17, 15) is 8.42 Å². The lowest BCUT2D eigenvalue weighted by molar-refractivity contribution is -0.113. The number of hydrogen-bond donors (Lipinski definition) is 1. The molecule has 0 spiro atoms. The van der Waals surface area contributed by atoms with E-state index in [2.05, 4.69) is 19.2 Å². The molecule has 2 unspecified atom stereocenters. The first-order chi connectivity index (χ1) is 7.27. The van der Waals surface area contributed by atoms with Gasteiger partial charge in [-0.05, 0) is 13.3 Å². The van der Waals surface area contributed by atoms with Crippen LogP contribution in [0.1, 0.15) is 27.2 Å².